The quantitative estimate of drug-likeness (QED) is 0.724. The fraction of sp³-hybridized carbons (Fsp3) is 0.263. The SMILES string of the molecule is C=CCc1cc(CNc2ccc(C)c(Cl)c2)cc(OC)c1OC. The number of hydrogen-bond acceptors (Lipinski definition) is 3. The zero-order valence-corrected chi connectivity index (χ0v) is 14.5. The summed E-state index contributed by atoms with van der Waals surface area (Å²) in [6.07, 6.45) is 2.58. The van der Waals surface area contributed by atoms with Crippen molar-refractivity contribution in [1.82, 2.24) is 0 Å². The van der Waals surface area contributed by atoms with E-state index in [9.17, 15) is 0 Å². The first-order valence-corrected chi connectivity index (χ1v) is 7.81. The van der Waals surface area contributed by atoms with Gasteiger partial charge in [-0.2, -0.15) is 0 Å². The Hall–Kier alpha value is -2.13. The summed E-state index contributed by atoms with van der Waals surface area (Å²) in [5.41, 5.74) is 4.22. The normalized spacial score (nSPS) is 10.3. The lowest BCUT2D eigenvalue weighted by atomic mass is 10.1. The number of aryl methyl sites for hydroxylation is 1. The Morgan fingerprint density at radius 2 is 1.96 bits per heavy atom. The second kappa shape index (κ2) is 7.93. The number of hydrogen-bond donors (Lipinski definition) is 1. The van der Waals surface area contributed by atoms with Gasteiger partial charge in [0.2, 0.25) is 0 Å². The maximum absolute atomic E-state index is 6.16. The van der Waals surface area contributed by atoms with Crippen molar-refractivity contribution in [2.45, 2.75) is 19.9 Å². The summed E-state index contributed by atoms with van der Waals surface area (Å²) in [6, 6.07) is 10.0. The Kier molecular flexibility index (Phi) is 5.94. The van der Waals surface area contributed by atoms with Gasteiger partial charge in [-0.3, -0.25) is 0 Å². The van der Waals surface area contributed by atoms with Gasteiger partial charge in [0.1, 0.15) is 0 Å². The van der Waals surface area contributed by atoms with E-state index in [1.165, 1.54) is 0 Å². The minimum absolute atomic E-state index is 0.671. The lowest BCUT2D eigenvalue weighted by molar-refractivity contribution is 0.352. The van der Waals surface area contributed by atoms with Gasteiger partial charge >= 0.3 is 0 Å². The maximum atomic E-state index is 6.16. The number of nitrogens with one attached hydrogen (secondary N) is 1. The Morgan fingerprint density at radius 1 is 1.17 bits per heavy atom. The van der Waals surface area contributed by atoms with Gasteiger partial charge in [-0.25, -0.2) is 0 Å². The summed E-state index contributed by atoms with van der Waals surface area (Å²) in [5.74, 6) is 1.49. The molecule has 122 valence electrons. The molecule has 2 aromatic carbocycles. The van der Waals surface area contributed by atoms with E-state index in [0.717, 1.165) is 45.3 Å². The van der Waals surface area contributed by atoms with E-state index in [-0.39, 0.29) is 0 Å². The Balaban J connectivity index is 2.23. The third-order valence-corrected chi connectivity index (χ3v) is 4.06. The molecule has 23 heavy (non-hydrogen) atoms. The third-order valence-electron chi connectivity index (χ3n) is 3.65. The molecule has 3 nitrogen and oxygen atoms in total. The van der Waals surface area contributed by atoms with Crippen LogP contribution in [0.2, 0.25) is 5.02 Å². The molecule has 2 aromatic rings. The average molecular weight is 332 g/mol. The highest BCUT2D eigenvalue weighted by Crippen LogP contribution is 2.33. The summed E-state index contributed by atoms with van der Waals surface area (Å²) < 4.78 is 10.9. The molecule has 2 rings (SSSR count). The Labute approximate surface area is 142 Å². The first kappa shape index (κ1) is 17.2. The molecule has 0 aliphatic heterocycles. The molecule has 0 aliphatic carbocycles. The van der Waals surface area contributed by atoms with Crippen LogP contribution in [0.25, 0.3) is 0 Å². The lowest BCUT2D eigenvalue weighted by Gasteiger charge is -2.15. The van der Waals surface area contributed by atoms with E-state index in [1.54, 1.807) is 14.2 Å². The van der Waals surface area contributed by atoms with Gasteiger partial charge in [0.15, 0.2) is 11.5 Å². The highest BCUT2D eigenvalue weighted by molar-refractivity contribution is 6.31. The van der Waals surface area contributed by atoms with Crippen molar-refractivity contribution in [3.63, 3.8) is 0 Å². The molecule has 0 saturated heterocycles. The van der Waals surface area contributed by atoms with E-state index in [1.807, 2.05) is 37.3 Å². The van der Waals surface area contributed by atoms with E-state index in [2.05, 4.69) is 18.0 Å². The van der Waals surface area contributed by atoms with Crippen LogP contribution in [0.1, 0.15) is 16.7 Å². The number of methoxy groups -OCH3 is 2. The van der Waals surface area contributed by atoms with Crippen LogP contribution in [0.3, 0.4) is 0 Å². The Bertz CT molecular complexity index is 698. The number of rotatable bonds is 7. The predicted molar refractivity (Wildman–Crippen MR) is 97.0 cm³/mol. The molecule has 0 aliphatic rings. The number of benzene rings is 2. The molecule has 0 saturated carbocycles. The molecule has 0 fully saturated rings. The Morgan fingerprint density at radius 3 is 2.57 bits per heavy atom. The highest BCUT2D eigenvalue weighted by Gasteiger charge is 2.11. The average Bonchev–Trinajstić information content (AvgIpc) is 2.55. The van der Waals surface area contributed by atoms with Crippen LogP contribution in [0.5, 0.6) is 11.5 Å². The largest absolute Gasteiger partial charge is 0.493 e. The van der Waals surface area contributed by atoms with Crippen molar-refractivity contribution in [2.24, 2.45) is 0 Å². The van der Waals surface area contributed by atoms with Gasteiger partial charge in [0, 0.05) is 22.8 Å². The maximum Gasteiger partial charge on any atom is 0.164 e. The molecule has 0 spiro atoms. The molecular weight excluding hydrogens is 310 g/mol. The van der Waals surface area contributed by atoms with E-state index in [0.29, 0.717) is 6.54 Å². The first-order valence-electron chi connectivity index (χ1n) is 7.43. The van der Waals surface area contributed by atoms with Crippen molar-refractivity contribution >= 4 is 17.3 Å². The highest BCUT2D eigenvalue weighted by atomic mass is 35.5. The molecule has 0 amide bonds. The third kappa shape index (κ3) is 4.20. The molecule has 4 heteroatoms. The van der Waals surface area contributed by atoms with E-state index < -0.39 is 0 Å². The monoisotopic (exact) mass is 331 g/mol. The van der Waals surface area contributed by atoms with Gasteiger partial charge in [-0.1, -0.05) is 23.7 Å². The molecule has 0 radical (unpaired) electrons. The summed E-state index contributed by atoms with van der Waals surface area (Å²) >= 11 is 6.16. The van der Waals surface area contributed by atoms with Crippen molar-refractivity contribution in [1.29, 1.82) is 0 Å². The van der Waals surface area contributed by atoms with E-state index >= 15 is 0 Å². The molecule has 0 atom stereocenters. The predicted octanol–water partition coefficient (Wildman–Crippen LogP) is 5.01. The zero-order valence-electron chi connectivity index (χ0n) is 13.8. The topological polar surface area (TPSA) is 30.5 Å². The standard InChI is InChI=1S/C19H22ClNO2/c1-5-6-15-9-14(10-18(22-3)19(15)23-4)12-21-16-8-7-13(2)17(20)11-16/h5,7-11,21H,1,6,12H2,2-4H3. The molecule has 0 bridgehead atoms. The fourth-order valence-electron chi connectivity index (χ4n) is 2.42. The second-order valence-electron chi connectivity index (χ2n) is 5.30. The van der Waals surface area contributed by atoms with Crippen LogP contribution in [0, 0.1) is 6.92 Å². The van der Waals surface area contributed by atoms with Crippen LogP contribution >= 0.6 is 11.6 Å². The van der Waals surface area contributed by atoms with Crippen LogP contribution in [-0.2, 0) is 13.0 Å². The van der Waals surface area contributed by atoms with Gasteiger partial charge in [-0.15, -0.1) is 6.58 Å². The first-order chi connectivity index (χ1) is 11.1. The summed E-state index contributed by atoms with van der Waals surface area (Å²) in [5, 5.41) is 4.14. The molecule has 0 aromatic heterocycles. The second-order valence-corrected chi connectivity index (χ2v) is 5.71. The molecule has 1 N–H and O–H groups in total. The van der Waals surface area contributed by atoms with Crippen LogP contribution in [-0.4, -0.2) is 14.2 Å². The van der Waals surface area contributed by atoms with Crippen molar-refractivity contribution in [2.75, 3.05) is 19.5 Å². The van der Waals surface area contributed by atoms with Crippen molar-refractivity contribution in [3.8, 4) is 11.5 Å². The summed E-state index contributed by atoms with van der Waals surface area (Å²) in [6.45, 7) is 6.46. The zero-order chi connectivity index (χ0) is 16.8. The molecular formula is C19H22ClNO2. The van der Waals surface area contributed by atoms with Crippen LogP contribution in [0.15, 0.2) is 43.0 Å². The summed E-state index contributed by atoms with van der Waals surface area (Å²) in [7, 11) is 3.29. The van der Waals surface area contributed by atoms with E-state index in [4.69, 9.17) is 21.1 Å². The number of allylic oxidation sites excluding steroid dienone is 1. The van der Waals surface area contributed by atoms with Crippen LogP contribution < -0.4 is 14.8 Å². The number of halogens is 1. The van der Waals surface area contributed by atoms with Crippen molar-refractivity contribution in [3.05, 3.63) is 64.7 Å². The molecule has 0 unspecified atom stereocenters. The lowest BCUT2D eigenvalue weighted by Crippen LogP contribution is -2.03. The van der Waals surface area contributed by atoms with Crippen LogP contribution in [0.4, 0.5) is 5.69 Å². The molecule has 0 heterocycles. The van der Waals surface area contributed by atoms with Gasteiger partial charge in [0.25, 0.3) is 0 Å². The van der Waals surface area contributed by atoms with Gasteiger partial charge in [0.05, 0.1) is 14.2 Å². The minimum Gasteiger partial charge on any atom is -0.493 e. The minimum atomic E-state index is 0.671. The smallest absolute Gasteiger partial charge is 0.164 e. The van der Waals surface area contributed by atoms with Crippen molar-refractivity contribution < 1.29 is 9.47 Å². The summed E-state index contributed by atoms with van der Waals surface area (Å²) in [4.78, 5) is 0. The number of ether oxygens (including phenoxy) is 2. The fourth-order valence-corrected chi connectivity index (χ4v) is 2.60. The van der Waals surface area contributed by atoms with Gasteiger partial charge < -0.3 is 14.8 Å². The number of anilines is 1. The van der Waals surface area contributed by atoms with Gasteiger partial charge in [-0.05, 0) is 48.7 Å².